The summed E-state index contributed by atoms with van der Waals surface area (Å²) in [6.07, 6.45) is 7.29. The van der Waals surface area contributed by atoms with E-state index in [4.69, 9.17) is 4.98 Å². The van der Waals surface area contributed by atoms with E-state index in [0.29, 0.717) is 44.6 Å². The zero-order valence-corrected chi connectivity index (χ0v) is 44.9. The number of aliphatic hydroxyl groups excluding tert-OH is 1. The van der Waals surface area contributed by atoms with Crippen molar-refractivity contribution in [1.29, 1.82) is 5.26 Å². The molecule has 4 N–H and O–H groups in total. The molecule has 0 aliphatic carbocycles. The van der Waals surface area contributed by atoms with Crippen LogP contribution in [0.15, 0.2) is 66.4 Å². The molecule has 74 heavy (non-hydrogen) atoms. The minimum atomic E-state index is -0.890. The molecule has 390 valence electrons. The molecule has 20 heteroatoms. The average Bonchev–Trinajstić information content (AvgIpc) is 4.22. The summed E-state index contributed by atoms with van der Waals surface area (Å²) >= 11 is 3.08. The number of nitriles is 1. The van der Waals surface area contributed by atoms with E-state index in [1.54, 1.807) is 28.1 Å². The van der Waals surface area contributed by atoms with Crippen LogP contribution in [0.25, 0.3) is 37.9 Å². The van der Waals surface area contributed by atoms with E-state index in [0.717, 1.165) is 85.7 Å². The second-order valence-corrected chi connectivity index (χ2v) is 22.5. The van der Waals surface area contributed by atoms with Gasteiger partial charge in [0.25, 0.3) is 0 Å². The summed E-state index contributed by atoms with van der Waals surface area (Å²) in [6.45, 7) is 16.2. The molecule has 2 aliphatic rings. The lowest BCUT2D eigenvalue weighted by molar-refractivity contribution is -0.144. The highest BCUT2D eigenvalue weighted by Crippen LogP contribution is 2.37. The van der Waals surface area contributed by atoms with Gasteiger partial charge in [-0.25, -0.2) is 9.50 Å². The molecule has 0 saturated carbocycles. The Hall–Kier alpha value is -6.82. The van der Waals surface area contributed by atoms with Gasteiger partial charge in [-0.05, 0) is 81.3 Å². The highest BCUT2D eigenvalue weighted by atomic mass is 32.1. The number of piperazine rings is 1. The topological polar surface area (TPSA) is 227 Å². The highest BCUT2D eigenvalue weighted by molar-refractivity contribution is 7.18. The number of likely N-dealkylation sites (tertiary alicyclic amines) is 1. The number of fused-ring (bicyclic) bond motifs is 1. The van der Waals surface area contributed by atoms with E-state index in [1.165, 1.54) is 16.2 Å². The number of rotatable bonds is 19. The number of amides is 4. The van der Waals surface area contributed by atoms with Crippen molar-refractivity contribution in [2.75, 3.05) is 42.9 Å². The van der Waals surface area contributed by atoms with Gasteiger partial charge in [0.1, 0.15) is 18.2 Å². The molecule has 6 aromatic rings. The lowest BCUT2D eigenvalue weighted by atomic mass is 9.85. The SMILES string of the molecule is Cc1ncsc1-c1ccc([C@H](C)NC(=O)[C@@H]2C[C@@H](O)CN2C(=O)[C@@H](NC(=O)CCCCCCCC(=O)N2CCN(c3nnc(-c4cnc(-c5ccc6cc(C#N)cnn56)cc4NC(C)C)s3)CC2)C(C)(C)C)cc1. The van der Waals surface area contributed by atoms with Crippen LogP contribution in [0.3, 0.4) is 0 Å². The van der Waals surface area contributed by atoms with E-state index < -0.39 is 23.6 Å². The molecule has 7 heterocycles. The number of carbonyl (C=O) groups excluding carboxylic acids is 4. The second-order valence-electron chi connectivity index (χ2n) is 20.7. The Labute approximate surface area is 440 Å². The van der Waals surface area contributed by atoms with Gasteiger partial charge in [-0.15, -0.1) is 21.5 Å². The number of aryl methyl sites for hydroxylation is 1. The summed E-state index contributed by atoms with van der Waals surface area (Å²) in [5.41, 5.74) is 8.66. The summed E-state index contributed by atoms with van der Waals surface area (Å²) in [6, 6.07) is 15.8. The molecule has 2 aliphatic heterocycles. The Morgan fingerprint density at radius 3 is 2.31 bits per heavy atom. The van der Waals surface area contributed by atoms with Gasteiger partial charge in [0.15, 0.2) is 5.01 Å². The molecule has 2 saturated heterocycles. The van der Waals surface area contributed by atoms with Crippen molar-refractivity contribution in [1.82, 2.24) is 50.2 Å². The molecule has 5 aromatic heterocycles. The van der Waals surface area contributed by atoms with Crippen LogP contribution in [0, 0.1) is 23.7 Å². The fourth-order valence-electron chi connectivity index (χ4n) is 9.55. The first-order valence-corrected chi connectivity index (χ1v) is 27.3. The smallest absolute Gasteiger partial charge is 0.246 e. The first kappa shape index (κ1) is 53.5. The van der Waals surface area contributed by atoms with Gasteiger partial charge in [-0.3, -0.25) is 24.2 Å². The molecule has 4 amide bonds. The van der Waals surface area contributed by atoms with Crippen molar-refractivity contribution in [3.8, 4) is 38.5 Å². The number of hydrogen-bond acceptors (Lipinski definition) is 15. The van der Waals surface area contributed by atoms with E-state index in [-0.39, 0.29) is 55.1 Å². The molecule has 0 spiro atoms. The van der Waals surface area contributed by atoms with Crippen LogP contribution in [0.4, 0.5) is 10.8 Å². The predicted octanol–water partition coefficient (Wildman–Crippen LogP) is 7.79. The Balaban J connectivity index is 0.747. The number of thiazole rings is 1. The number of benzene rings is 1. The molecule has 4 atom stereocenters. The molecular formula is C54H67N13O5S2. The normalized spacial score (nSPS) is 16.8. The van der Waals surface area contributed by atoms with Crippen molar-refractivity contribution < 1.29 is 24.3 Å². The van der Waals surface area contributed by atoms with E-state index in [2.05, 4.69) is 61.0 Å². The molecule has 1 aromatic carbocycles. The van der Waals surface area contributed by atoms with Gasteiger partial charge in [-0.2, -0.15) is 10.4 Å². The first-order chi connectivity index (χ1) is 35.5. The monoisotopic (exact) mass is 1040 g/mol. The average molecular weight is 1040 g/mol. The Bertz CT molecular complexity index is 2980. The molecular weight excluding hydrogens is 975 g/mol. The summed E-state index contributed by atoms with van der Waals surface area (Å²) in [7, 11) is 0. The van der Waals surface area contributed by atoms with Crippen LogP contribution in [-0.4, -0.2) is 125 Å². The number of pyridine rings is 1. The fourth-order valence-corrected chi connectivity index (χ4v) is 11.3. The van der Waals surface area contributed by atoms with Gasteiger partial charge in [0, 0.05) is 69.9 Å². The van der Waals surface area contributed by atoms with E-state index in [1.807, 2.05) is 93.7 Å². The van der Waals surface area contributed by atoms with Crippen molar-refractivity contribution in [3.63, 3.8) is 0 Å². The lowest BCUT2D eigenvalue weighted by Crippen LogP contribution is -2.57. The van der Waals surface area contributed by atoms with Gasteiger partial charge >= 0.3 is 0 Å². The molecule has 2 fully saturated rings. The number of hydrogen-bond donors (Lipinski definition) is 4. The zero-order chi connectivity index (χ0) is 52.7. The van der Waals surface area contributed by atoms with Crippen molar-refractivity contribution in [2.24, 2.45) is 5.41 Å². The third-order valence-corrected chi connectivity index (χ3v) is 15.6. The highest BCUT2D eigenvalue weighted by Gasteiger charge is 2.44. The summed E-state index contributed by atoms with van der Waals surface area (Å²) in [4.78, 5) is 70.2. The first-order valence-electron chi connectivity index (χ1n) is 25.6. The lowest BCUT2D eigenvalue weighted by Gasteiger charge is -2.35. The number of unbranched alkanes of at least 4 members (excludes halogenated alkanes) is 4. The van der Waals surface area contributed by atoms with Crippen LogP contribution in [0.5, 0.6) is 0 Å². The van der Waals surface area contributed by atoms with Gasteiger partial charge in [-0.1, -0.05) is 75.6 Å². The quantitative estimate of drug-likeness (QED) is 0.0569. The maximum absolute atomic E-state index is 14.1. The number of carbonyl (C=O) groups is 4. The number of anilines is 2. The van der Waals surface area contributed by atoms with Crippen LogP contribution in [-0.2, 0) is 19.2 Å². The number of nitrogens with zero attached hydrogens (tertiary/aromatic N) is 10. The largest absolute Gasteiger partial charge is 0.391 e. The van der Waals surface area contributed by atoms with Crippen molar-refractivity contribution in [2.45, 2.75) is 130 Å². The maximum atomic E-state index is 14.1. The van der Waals surface area contributed by atoms with Crippen molar-refractivity contribution >= 4 is 62.6 Å². The van der Waals surface area contributed by atoms with Crippen molar-refractivity contribution in [3.05, 3.63) is 83.3 Å². The fraction of sp³-hybridized carbons (Fsp3) is 0.481. The number of β-amino-alcohol motifs (C(OH)–C–C–N with tert-alkyl or cyclic N) is 1. The predicted molar refractivity (Wildman–Crippen MR) is 288 cm³/mol. The summed E-state index contributed by atoms with van der Waals surface area (Å²) < 4.78 is 1.77. The van der Waals surface area contributed by atoms with Crippen LogP contribution >= 0.6 is 22.7 Å². The maximum Gasteiger partial charge on any atom is 0.246 e. The van der Waals surface area contributed by atoms with Gasteiger partial charge < -0.3 is 35.8 Å². The minimum absolute atomic E-state index is 0.00875. The minimum Gasteiger partial charge on any atom is -0.391 e. The van der Waals surface area contributed by atoms with Crippen LogP contribution in [0.2, 0.25) is 0 Å². The molecule has 18 nitrogen and oxygen atoms in total. The molecule has 8 rings (SSSR count). The van der Waals surface area contributed by atoms with E-state index >= 15 is 0 Å². The third-order valence-electron chi connectivity index (χ3n) is 13.6. The number of aromatic nitrogens is 6. The second kappa shape index (κ2) is 23.6. The standard InChI is InChI=1S/C54H67N13O5S2/c1-33(2)59-42-27-43(44-20-19-39-25-36(28-55)29-58-67(39)44)56-30-41(42)51-62-63-53(74-51)65-23-21-64(22-24-65)47(70)14-12-10-8-9-11-13-46(69)61-49(54(5,6)7)52(72)66-31-40(68)26-45(66)50(71)60-34(3)37-15-17-38(18-16-37)48-35(4)57-32-73-48/h15-20,25,27,29-30,32-34,40,45,49,68H,8-14,21-24,26,31H2,1-7H3,(H,56,59)(H,60,71)(H,61,69)/t34-,40+,45-,49+/m0/s1. The van der Waals surface area contributed by atoms with E-state index in [9.17, 15) is 29.5 Å². The van der Waals surface area contributed by atoms with Gasteiger partial charge in [0.05, 0.1) is 62.5 Å². The Morgan fingerprint density at radius 2 is 1.62 bits per heavy atom. The van der Waals surface area contributed by atoms with Crippen LogP contribution in [0.1, 0.15) is 116 Å². The Kier molecular flexibility index (Phi) is 17.0. The summed E-state index contributed by atoms with van der Waals surface area (Å²) in [5, 5.41) is 44.7. The number of nitrogens with one attached hydrogen (secondary N) is 3. The molecule has 0 unspecified atom stereocenters. The molecule has 0 radical (unpaired) electrons. The third kappa shape index (κ3) is 12.7. The van der Waals surface area contributed by atoms with Gasteiger partial charge in [0.2, 0.25) is 28.8 Å². The summed E-state index contributed by atoms with van der Waals surface area (Å²) in [5.74, 6) is -0.831. The Morgan fingerprint density at radius 1 is 0.892 bits per heavy atom. The van der Waals surface area contributed by atoms with Crippen LogP contribution < -0.4 is 20.9 Å². The zero-order valence-electron chi connectivity index (χ0n) is 43.3. The molecule has 0 bridgehead atoms. The number of aliphatic hydroxyl groups is 1.